The molecular formula is C8H17NO. The Kier molecular flexibility index (Phi) is 6.50. The van der Waals surface area contributed by atoms with Crippen LogP contribution in [0.4, 0.5) is 0 Å². The average Bonchev–Trinajstić information content (AvgIpc) is 2.10. The third-order valence-corrected chi connectivity index (χ3v) is 1.51. The molecule has 1 atom stereocenters. The van der Waals surface area contributed by atoms with Gasteiger partial charge >= 0.3 is 0 Å². The van der Waals surface area contributed by atoms with Gasteiger partial charge in [-0.1, -0.05) is 20.3 Å². The van der Waals surface area contributed by atoms with Gasteiger partial charge in [0.25, 0.3) is 0 Å². The topological polar surface area (TPSA) is 29.1 Å². The molecule has 0 unspecified atom stereocenters. The molecule has 0 amide bonds. The molecule has 1 fully saturated rings. The summed E-state index contributed by atoms with van der Waals surface area (Å²) in [6.45, 7) is 5.02. The summed E-state index contributed by atoms with van der Waals surface area (Å²) in [6, 6.07) is 0.156. The van der Waals surface area contributed by atoms with Crippen LogP contribution in [-0.2, 0) is 4.79 Å². The van der Waals surface area contributed by atoms with Gasteiger partial charge in [0.1, 0.15) is 6.29 Å². The number of carbonyl (C=O) groups is 1. The molecule has 1 aliphatic heterocycles. The van der Waals surface area contributed by atoms with Gasteiger partial charge in [0.15, 0.2) is 0 Å². The number of nitrogens with one attached hydrogen (secondary N) is 1. The first kappa shape index (κ1) is 9.63. The first-order chi connectivity index (χ1) is 4.93. The van der Waals surface area contributed by atoms with Gasteiger partial charge in [-0.05, 0) is 19.4 Å². The van der Waals surface area contributed by atoms with Gasteiger partial charge in [0.2, 0.25) is 0 Å². The molecule has 1 aliphatic rings. The van der Waals surface area contributed by atoms with Crippen LogP contribution in [0.2, 0.25) is 0 Å². The Labute approximate surface area is 63.0 Å². The van der Waals surface area contributed by atoms with Crippen molar-refractivity contribution >= 4 is 6.29 Å². The third kappa shape index (κ3) is 3.62. The standard InChI is InChI=1S/C6H11NO.C2H6/c8-5-6-3-1-2-4-7-6;1-2/h5-7H,1-4H2;1-2H3/t6-;/m0./s1. The van der Waals surface area contributed by atoms with Crippen LogP contribution in [0.3, 0.4) is 0 Å². The van der Waals surface area contributed by atoms with E-state index in [9.17, 15) is 4.79 Å². The Morgan fingerprint density at radius 3 is 2.40 bits per heavy atom. The fourth-order valence-corrected chi connectivity index (χ4v) is 0.995. The lowest BCUT2D eigenvalue weighted by Crippen LogP contribution is -2.34. The summed E-state index contributed by atoms with van der Waals surface area (Å²) in [5.74, 6) is 0. The normalized spacial score (nSPS) is 24.4. The molecule has 0 aromatic carbocycles. The van der Waals surface area contributed by atoms with Crippen molar-refractivity contribution in [3.8, 4) is 0 Å². The first-order valence-corrected chi connectivity index (χ1v) is 4.12. The Morgan fingerprint density at radius 1 is 1.40 bits per heavy atom. The highest BCUT2D eigenvalue weighted by Crippen LogP contribution is 2.03. The smallest absolute Gasteiger partial charge is 0.136 e. The molecule has 1 saturated heterocycles. The molecule has 0 radical (unpaired) electrons. The monoisotopic (exact) mass is 143 g/mol. The molecular weight excluding hydrogens is 126 g/mol. The minimum absolute atomic E-state index is 0.156. The van der Waals surface area contributed by atoms with Gasteiger partial charge in [0, 0.05) is 0 Å². The van der Waals surface area contributed by atoms with Crippen molar-refractivity contribution in [1.82, 2.24) is 5.32 Å². The number of carbonyl (C=O) groups excluding carboxylic acids is 1. The lowest BCUT2D eigenvalue weighted by atomic mass is 10.1. The van der Waals surface area contributed by atoms with Crippen LogP contribution in [0.15, 0.2) is 0 Å². The highest BCUT2D eigenvalue weighted by atomic mass is 16.1. The molecule has 0 bridgehead atoms. The van der Waals surface area contributed by atoms with E-state index in [1.165, 1.54) is 12.8 Å². The zero-order chi connectivity index (χ0) is 7.82. The van der Waals surface area contributed by atoms with Gasteiger partial charge < -0.3 is 10.1 Å². The van der Waals surface area contributed by atoms with Gasteiger partial charge in [-0.3, -0.25) is 0 Å². The summed E-state index contributed by atoms with van der Waals surface area (Å²) in [4.78, 5) is 10.1. The summed E-state index contributed by atoms with van der Waals surface area (Å²) in [5, 5.41) is 3.10. The fraction of sp³-hybridized carbons (Fsp3) is 0.875. The van der Waals surface area contributed by atoms with Gasteiger partial charge in [-0.2, -0.15) is 0 Å². The van der Waals surface area contributed by atoms with Crippen LogP contribution < -0.4 is 5.32 Å². The first-order valence-electron chi connectivity index (χ1n) is 4.12. The summed E-state index contributed by atoms with van der Waals surface area (Å²) < 4.78 is 0. The molecule has 0 aliphatic carbocycles. The largest absolute Gasteiger partial charge is 0.308 e. The van der Waals surface area contributed by atoms with Crippen molar-refractivity contribution in [2.24, 2.45) is 0 Å². The van der Waals surface area contributed by atoms with E-state index in [0.717, 1.165) is 19.3 Å². The van der Waals surface area contributed by atoms with Crippen molar-refractivity contribution < 1.29 is 4.79 Å². The highest BCUT2D eigenvalue weighted by molar-refractivity contribution is 5.57. The molecule has 10 heavy (non-hydrogen) atoms. The number of hydrogen-bond donors (Lipinski definition) is 1. The SMILES string of the molecule is CC.O=C[C@@H]1CCCCN1. The van der Waals surface area contributed by atoms with Crippen molar-refractivity contribution in [1.29, 1.82) is 0 Å². The molecule has 0 aromatic rings. The van der Waals surface area contributed by atoms with Crippen molar-refractivity contribution in [3.63, 3.8) is 0 Å². The lowest BCUT2D eigenvalue weighted by Gasteiger charge is -2.17. The van der Waals surface area contributed by atoms with Crippen LogP contribution in [-0.4, -0.2) is 18.9 Å². The molecule has 1 heterocycles. The van der Waals surface area contributed by atoms with E-state index in [-0.39, 0.29) is 6.04 Å². The minimum atomic E-state index is 0.156. The minimum Gasteiger partial charge on any atom is -0.308 e. The van der Waals surface area contributed by atoms with E-state index < -0.39 is 0 Å². The second kappa shape index (κ2) is 6.75. The van der Waals surface area contributed by atoms with Crippen LogP contribution in [0.25, 0.3) is 0 Å². The molecule has 2 nitrogen and oxygen atoms in total. The number of rotatable bonds is 1. The predicted molar refractivity (Wildman–Crippen MR) is 43.1 cm³/mol. The second-order valence-corrected chi connectivity index (χ2v) is 2.19. The summed E-state index contributed by atoms with van der Waals surface area (Å²) >= 11 is 0. The highest BCUT2D eigenvalue weighted by Gasteiger charge is 2.09. The van der Waals surface area contributed by atoms with Gasteiger partial charge in [-0.15, -0.1) is 0 Å². The maximum atomic E-state index is 10.1. The van der Waals surface area contributed by atoms with Crippen molar-refractivity contribution in [2.75, 3.05) is 6.54 Å². The molecule has 60 valence electrons. The molecule has 0 aromatic heterocycles. The predicted octanol–water partition coefficient (Wildman–Crippen LogP) is 1.35. The number of aldehydes is 1. The maximum absolute atomic E-state index is 10.1. The quantitative estimate of drug-likeness (QED) is 0.561. The van der Waals surface area contributed by atoms with Gasteiger partial charge in [-0.25, -0.2) is 0 Å². The summed E-state index contributed by atoms with van der Waals surface area (Å²) in [6.07, 6.45) is 4.46. The molecule has 2 heteroatoms. The Hall–Kier alpha value is -0.370. The second-order valence-electron chi connectivity index (χ2n) is 2.19. The van der Waals surface area contributed by atoms with E-state index in [1.54, 1.807) is 0 Å². The molecule has 0 saturated carbocycles. The van der Waals surface area contributed by atoms with E-state index in [2.05, 4.69) is 5.32 Å². The fourth-order valence-electron chi connectivity index (χ4n) is 0.995. The maximum Gasteiger partial charge on any atom is 0.136 e. The third-order valence-electron chi connectivity index (χ3n) is 1.51. The summed E-state index contributed by atoms with van der Waals surface area (Å²) in [7, 11) is 0. The van der Waals surface area contributed by atoms with E-state index >= 15 is 0 Å². The molecule has 1 N–H and O–H groups in total. The lowest BCUT2D eigenvalue weighted by molar-refractivity contribution is -0.110. The van der Waals surface area contributed by atoms with Crippen LogP contribution in [0.1, 0.15) is 33.1 Å². The Morgan fingerprint density at radius 2 is 2.10 bits per heavy atom. The Bertz CT molecular complexity index is 77.3. The van der Waals surface area contributed by atoms with E-state index in [0.29, 0.717) is 0 Å². The van der Waals surface area contributed by atoms with Crippen LogP contribution in [0.5, 0.6) is 0 Å². The number of piperidine rings is 1. The van der Waals surface area contributed by atoms with E-state index in [4.69, 9.17) is 0 Å². The number of hydrogen-bond acceptors (Lipinski definition) is 2. The van der Waals surface area contributed by atoms with Crippen molar-refractivity contribution in [2.45, 2.75) is 39.2 Å². The van der Waals surface area contributed by atoms with Crippen molar-refractivity contribution in [3.05, 3.63) is 0 Å². The van der Waals surface area contributed by atoms with Gasteiger partial charge in [0.05, 0.1) is 6.04 Å². The Balaban J connectivity index is 0.000000371. The van der Waals surface area contributed by atoms with Crippen LogP contribution >= 0.6 is 0 Å². The van der Waals surface area contributed by atoms with Crippen LogP contribution in [0, 0.1) is 0 Å². The zero-order valence-electron chi connectivity index (χ0n) is 6.89. The zero-order valence-corrected chi connectivity index (χ0v) is 6.89. The average molecular weight is 143 g/mol. The molecule has 0 spiro atoms. The summed E-state index contributed by atoms with van der Waals surface area (Å²) in [5.41, 5.74) is 0. The van der Waals surface area contributed by atoms with E-state index in [1.807, 2.05) is 13.8 Å². The molecule has 1 rings (SSSR count).